The van der Waals surface area contributed by atoms with E-state index >= 15 is 0 Å². The standard InChI is InChI=1S/C8H12N4O3/c1-5-8(12(14)15)6(2)11(10-5)4-7(13)9-3/h4H2,1-3H3,(H,9,13). The van der Waals surface area contributed by atoms with Crippen molar-refractivity contribution < 1.29 is 9.72 Å². The molecule has 0 spiro atoms. The fourth-order valence-electron chi connectivity index (χ4n) is 1.32. The Kier molecular flexibility index (Phi) is 3.03. The molecule has 1 N–H and O–H groups in total. The molecule has 0 aliphatic rings. The lowest BCUT2D eigenvalue weighted by atomic mass is 10.3. The van der Waals surface area contributed by atoms with Crippen LogP contribution in [0.4, 0.5) is 5.69 Å². The highest BCUT2D eigenvalue weighted by atomic mass is 16.6. The summed E-state index contributed by atoms with van der Waals surface area (Å²) in [6, 6.07) is 0. The van der Waals surface area contributed by atoms with Crippen LogP contribution in [0.15, 0.2) is 0 Å². The third kappa shape index (κ3) is 2.12. The number of rotatable bonds is 3. The Balaban J connectivity index is 3.07. The molecule has 7 heteroatoms. The number of carbonyl (C=O) groups is 1. The van der Waals surface area contributed by atoms with Gasteiger partial charge in [-0.3, -0.25) is 19.6 Å². The molecular formula is C8H12N4O3. The van der Waals surface area contributed by atoms with Gasteiger partial charge < -0.3 is 5.32 Å². The summed E-state index contributed by atoms with van der Waals surface area (Å²) in [4.78, 5) is 21.3. The molecule has 7 nitrogen and oxygen atoms in total. The molecule has 1 aromatic heterocycles. The molecule has 0 aromatic carbocycles. The molecular weight excluding hydrogens is 200 g/mol. The van der Waals surface area contributed by atoms with E-state index in [2.05, 4.69) is 10.4 Å². The van der Waals surface area contributed by atoms with E-state index in [4.69, 9.17) is 0 Å². The van der Waals surface area contributed by atoms with Gasteiger partial charge in [0, 0.05) is 7.05 Å². The number of amides is 1. The first-order chi connectivity index (χ1) is 6.97. The van der Waals surface area contributed by atoms with Gasteiger partial charge in [0.15, 0.2) is 0 Å². The van der Waals surface area contributed by atoms with Crippen molar-refractivity contribution in [2.24, 2.45) is 0 Å². The fourth-order valence-corrected chi connectivity index (χ4v) is 1.32. The van der Waals surface area contributed by atoms with Crippen LogP contribution in [0.25, 0.3) is 0 Å². The first-order valence-corrected chi connectivity index (χ1v) is 4.36. The predicted octanol–water partition coefficient (Wildman–Crippen LogP) is 0.154. The number of nitrogens with zero attached hydrogens (tertiary/aromatic N) is 3. The second kappa shape index (κ2) is 4.07. The van der Waals surface area contributed by atoms with Crippen molar-refractivity contribution in [3.63, 3.8) is 0 Å². The number of hydrogen-bond acceptors (Lipinski definition) is 4. The average molecular weight is 212 g/mol. The minimum Gasteiger partial charge on any atom is -0.358 e. The normalized spacial score (nSPS) is 10.1. The highest BCUT2D eigenvalue weighted by molar-refractivity contribution is 5.75. The lowest BCUT2D eigenvalue weighted by Crippen LogP contribution is -2.24. The number of nitrogens with one attached hydrogen (secondary N) is 1. The van der Waals surface area contributed by atoms with E-state index in [0.29, 0.717) is 11.4 Å². The zero-order chi connectivity index (χ0) is 11.6. The van der Waals surface area contributed by atoms with E-state index in [1.807, 2.05) is 0 Å². The molecule has 1 heterocycles. The fraction of sp³-hybridized carbons (Fsp3) is 0.500. The van der Waals surface area contributed by atoms with Crippen molar-refractivity contribution in [1.29, 1.82) is 0 Å². The summed E-state index contributed by atoms with van der Waals surface area (Å²) in [7, 11) is 1.50. The largest absolute Gasteiger partial charge is 0.358 e. The van der Waals surface area contributed by atoms with Crippen LogP contribution >= 0.6 is 0 Å². The summed E-state index contributed by atoms with van der Waals surface area (Å²) < 4.78 is 1.33. The van der Waals surface area contributed by atoms with Gasteiger partial charge in [0.1, 0.15) is 17.9 Å². The number of likely N-dealkylation sites (N-methyl/N-ethyl adjacent to an activating group) is 1. The Hall–Kier alpha value is -1.92. The minimum atomic E-state index is -0.488. The molecule has 0 saturated carbocycles. The lowest BCUT2D eigenvalue weighted by Gasteiger charge is -2.01. The number of hydrogen-bond donors (Lipinski definition) is 1. The molecule has 0 bridgehead atoms. The van der Waals surface area contributed by atoms with Crippen LogP contribution < -0.4 is 5.32 Å². The van der Waals surface area contributed by atoms with Crippen molar-refractivity contribution in [3.05, 3.63) is 21.5 Å². The molecule has 82 valence electrons. The van der Waals surface area contributed by atoms with Gasteiger partial charge in [-0.05, 0) is 13.8 Å². The molecule has 1 rings (SSSR count). The third-order valence-electron chi connectivity index (χ3n) is 2.10. The summed E-state index contributed by atoms with van der Waals surface area (Å²) >= 11 is 0. The van der Waals surface area contributed by atoms with Crippen LogP contribution in [0.3, 0.4) is 0 Å². The van der Waals surface area contributed by atoms with Crippen molar-refractivity contribution in [3.8, 4) is 0 Å². The third-order valence-corrected chi connectivity index (χ3v) is 2.10. The number of carbonyl (C=O) groups excluding carboxylic acids is 1. The van der Waals surface area contributed by atoms with Gasteiger partial charge >= 0.3 is 5.69 Å². The SMILES string of the molecule is CNC(=O)Cn1nc(C)c([N+](=O)[O-])c1C. The first kappa shape index (κ1) is 11.2. The van der Waals surface area contributed by atoms with Gasteiger partial charge in [-0.25, -0.2) is 0 Å². The summed E-state index contributed by atoms with van der Waals surface area (Å²) in [5.74, 6) is -0.240. The molecule has 0 radical (unpaired) electrons. The molecule has 0 fully saturated rings. The summed E-state index contributed by atoms with van der Waals surface area (Å²) in [6.45, 7) is 3.11. The van der Waals surface area contributed by atoms with E-state index in [9.17, 15) is 14.9 Å². The zero-order valence-electron chi connectivity index (χ0n) is 8.77. The van der Waals surface area contributed by atoms with Crippen LogP contribution in [0, 0.1) is 24.0 Å². The van der Waals surface area contributed by atoms with Crippen molar-refractivity contribution >= 4 is 11.6 Å². The van der Waals surface area contributed by atoms with Crippen LogP contribution in [0.1, 0.15) is 11.4 Å². The van der Waals surface area contributed by atoms with Crippen LogP contribution in [0.2, 0.25) is 0 Å². The van der Waals surface area contributed by atoms with Crippen molar-refractivity contribution in [1.82, 2.24) is 15.1 Å². The van der Waals surface area contributed by atoms with Crippen LogP contribution in [-0.4, -0.2) is 27.7 Å². The lowest BCUT2D eigenvalue weighted by molar-refractivity contribution is -0.386. The minimum absolute atomic E-state index is 0.00296. The maximum atomic E-state index is 11.1. The first-order valence-electron chi connectivity index (χ1n) is 4.36. The Morgan fingerprint density at radius 1 is 1.60 bits per heavy atom. The molecule has 0 aliphatic carbocycles. The molecule has 1 aromatic rings. The van der Waals surface area contributed by atoms with Gasteiger partial charge in [-0.1, -0.05) is 0 Å². The van der Waals surface area contributed by atoms with Gasteiger partial charge in [-0.15, -0.1) is 0 Å². The second-order valence-electron chi connectivity index (χ2n) is 3.11. The zero-order valence-corrected chi connectivity index (χ0v) is 8.77. The molecule has 15 heavy (non-hydrogen) atoms. The van der Waals surface area contributed by atoms with E-state index in [0.717, 1.165) is 0 Å². The van der Waals surface area contributed by atoms with Gasteiger partial charge in [0.25, 0.3) is 0 Å². The Bertz CT molecular complexity index is 410. The maximum Gasteiger partial charge on any atom is 0.312 e. The quantitative estimate of drug-likeness (QED) is 0.570. The van der Waals surface area contributed by atoms with E-state index in [1.54, 1.807) is 13.8 Å². The Morgan fingerprint density at radius 3 is 2.60 bits per heavy atom. The highest BCUT2D eigenvalue weighted by Crippen LogP contribution is 2.21. The molecule has 0 aliphatic heterocycles. The summed E-state index contributed by atoms with van der Waals surface area (Å²) in [5, 5.41) is 17.0. The van der Waals surface area contributed by atoms with E-state index in [1.165, 1.54) is 11.7 Å². The topological polar surface area (TPSA) is 90.1 Å². The number of aromatic nitrogens is 2. The monoisotopic (exact) mass is 212 g/mol. The summed E-state index contributed by atoms with van der Waals surface area (Å²) in [6.07, 6.45) is 0. The van der Waals surface area contributed by atoms with Crippen LogP contribution in [-0.2, 0) is 11.3 Å². The van der Waals surface area contributed by atoms with E-state index in [-0.39, 0.29) is 18.1 Å². The van der Waals surface area contributed by atoms with E-state index < -0.39 is 4.92 Å². The number of aryl methyl sites for hydroxylation is 1. The van der Waals surface area contributed by atoms with Gasteiger partial charge in [0.05, 0.1) is 4.92 Å². The number of nitro groups is 1. The summed E-state index contributed by atoms with van der Waals surface area (Å²) in [5.41, 5.74) is 0.682. The van der Waals surface area contributed by atoms with Crippen molar-refractivity contribution in [2.75, 3.05) is 7.05 Å². The molecule has 1 amide bonds. The molecule has 0 unspecified atom stereocenters. The average Bonchev–Trinajstić information content (AvgIpc) is 2.41. The Labute approximate surface area is 86.2 Å². The van der Waals surface area contributed by atoms with Gasteiger partial charge in [-0.2, -0.15) is 5.10 Å². The smallest absolute Gasteiger partial charge is 0.312 e. The molecule has 0 saturated heterocycles. The Morgan fingerprint density at radius 2 is 2.20 bits per heavy atom. The molecule has 0 atom stereocenters. The van der Waals surface area contributed by atoms with Crippen LogP contribution in [0.5, 0.6) is 0 Å². The van der Waals surface area contributed by atoms with Crippen molar-refractivity contribution in [2.45, 2.75) is 20.4 Å². The second-order valence-corrected chi connectivity index (χ2v) is 3.11. The highest BCUT2D eigenvalue weighted by Gasteiger charge is 2.22. The van der Waals surface area contributed by atoms with Gasteiger partial charge in [0.2, 0.25) is 5.91 Å². The maximum absolute atomic E-state index is 11.1. The predicted molar refractivity (Wildman–Crippen MR) is 52.4 cm³/mol.